The van der Waals surface area contributed by atoms with E-state index < -0.39 is 0 Å². The molecule has 0 saturated carbocycles. The Kier molecular flexibility index (Phi) is 3.70. The summed E-state index contributed by atoms with van der Waals surface area (Å²) in [5.41, 5.74) is 3.16. The Labute approximate surface area is 133 Å². The summed E-state index contributed by atoms with van der Waals surface area (Å²) < 4.78 is 3.37. The lowest BCUT2D eigenvalue weighted by Gasteiger charge is -2.07. The van der Waals surface area contributed by atoms with Gasteiger partial charge in [-0.05, 0) is 49.8 Å². The minimum absolute atomic E-state index is 0.0621. The predicted octanol–water partition coefficient (Wildman–Crippen LogP) is 2.64. The van der Waals surface area contributed by atoms with Gasteiger partial charge in [-0.1, -0.05) is 18.2 Å². The highest BCUT2D eigenvalue weighted by atomic mass is 16.1. The summed E-state index contributed by atoms with van der Waals surface area (Å²) in [5.74, 6) is -0.0621. The highest BCUT2D eigenvalue weighted by Gasteiger charge is 2.17. The normalized spacial score (nSPS) is 16.0. The van der Waals surface area contributed by atoms with Gasteiger partial charge in [-0.15, -0.1) is 0 Å². The molecule has 1 aliphatic rings. The van der Waals surface area contributed by atoms with E-state index >= 15 is 0 Å². The van der Waals surface area contributed by atoms with Gasteiger partial charge in [0.05, 0.1) is 17.1 Å². The maximum absolute atomic E-state index is 12.8. The van der Waals surface area contributed by atoms with E-state index in [0.29, 0.717) is 11.4 Å². The van der Waals surface area contributed by atoms with Crippen LogP contribution in [-0.2, 0) is 11.8 Å². The first-order valence-corrected chi connectivity index (χ1v) is 7.32. The van der Waals surface area contributed by atoms with Crippen molar-refractivity contribution in [2.24, 2.45) is 12.0 Å². The summed E-state index contributed by atoms with van der Waals surface area (Å²) in [5, 5.41) is 0. The summed E-state index contributed by atoms with van der Waals surface area (Å²) in [6.45, 7) is 3.67. The number of ketones is 1. The topological polar surface area (TPSA) is 56.4 Å². The lowest BCUT2D eigenvalue weighted by molar-refractivity contribution is -0.110. The van der Waals surface area contributed by atoms with Crippen LogP contribution in [0.25, 0.3) is 5.69 Å². The van der Waals surface area contributed by atoms with Crippen LogP contribution in [0.3, 0.4) is 0 Å². The molecule has 1 aromatic heterocycles. The second-order valence-electron chi connectivity index (χ2n) is 5.47. The molecule has 0 N–H and O–H groups in total. The minimum atomic E-state index is -0.179. The maximum Gasteiger partial charge on any atom is 0.297 e. The SMILES string of the molecule is CC1=CC(=O)C=CC1=Nc1c(C)n(C)n(-c2ccccc2)c1=O. The van der Waals surface area contributed by atoms with Crippen LogP contribution in [0.5, 0.6) is 0 Å². The summed E-state index contributed by atoms with van der Waals surface area (Å²) in [6.07, 6.45) is 4.63. The van der Waals surface area contributed by atoms with Crippen LogP contribution in [0.2, 0.25) is 0 Å². The minimum Gasteiger partial charge on any atom is -0.290 e. The highest BCUT2D eigenvalue weighted by molar-refractivity contribution is 6.19. The molecule has 116 valence electrons. The van der Waals surface area contributed by atoms with Crippen molar-refractivity contribution in [2.75, 3.05) is 0 Å². The third-order valence-corrected chi connectivity index (χ3v) is 3.92. The monoisotopic (exact) mass is 307 g/mol. The molecule has 0 bridgehead atoms. The summed E-state index contributed by atoms with van der Waals surface area (Å²) in [7, 11) is 1.83. The highest BCUT2D eigenvalue weighted by Crippen LogP contribution is 2.19. The van der Waals surface area contributed by atoms with Gasteiger partial charge in [0, 0.05) is 7.05 Å². The number of para-hydroxylation sites is 1. The Morgan fingerprint density at radius 2 is 1.70 bits per heavy atom. The zero-order valence-electron chi connectivity index (χ0n) is 13.3. The third-order valence-electron chi connectivity index (χ3n) is 3.92. The standard InChI is InChI=1S/C18H17N3O2/c1-12-11-15(22)9-10-16(12)19-17-13(2)20(3)21(18(17)23)14-7-5-4-6-8-14/h4-11H,1-3H3. The molecule has 3 rings (SSSR count). The molecule has 5 nitrogen and oxygen atoms in total. The van der Waals surface area contributed by atoms with Gasteiger partial charge in [0.1, 0.15) is 0 Å². The van der Waals surface area contributed by atoms with E-state index in [2.05, 4.69) is 4.99 Å². The number of benzene rings is 1. The molecule has 0 atom stereocenters. The molecular weight excluding hydrogens is 290 g/mol. The largest absolute Gasteiger partial charge is 0.297 e. The fraction of sp³-hybridized carbons (Fsp3) is 0.167. The van der Waals surface area contributed by atoms with Crippen LogP contribution >= 0.6 is 0 Å². The molecule has 5 heteroatoms. The van der Waals surface area contributed by atoms with E-state index in [-0.39, 0.29) is 11.3 Å². The fourth-order valence-electron chi connectivity index (χ4n) is 2.56. The average Bonchev–Trinajstić information content (AvgIpc) is 2.74. The van der Waals surface area contributed by atoms with Gasteiger partial charge >= 0.3 is 0 Å². The van der Waals surface area contributed by atoms with E-state index in [1.165, 1.54) is 12.2 Å². The van der Waals surface area contributed by atoms with Crippen molar-refractivity contribution in [3.8, 4) is 5.69 Å². The molecule has 1 aromatic carbocycles. The van der Waals surface area contributed by atoms with Crippen molar-refractivity contribution in [1.82, 2.24) is 9.36 Å². The zero-order chi connectivity index (χ0) is 16.6. The molecule has 0 spiro atoms. The molecule has 1 aliphatic carbocycles. The average molecular weight is 307 g/mol. The first-order valence-electron chi connectivity index (χ1n) is 7.32. The fourth-order valence-corrected chi connectivity index (χ4v) is 2.56. The Morgan fingerprint density at radius 1 is 1.00 bits per heavy atom. The lowest BCUT2D eigenvalue weighted by Crippen LogP contribution is -2.19. The number of aliphatic imine (C=N–C) groups is 1. The molecule has 0 saturated heterocycles. The number of hydrogen-bond donors (Lipinski definition) is 0. The van der Waals surface area contributed by atoms with Gasteiger partial charge in [-0.25, -0.2) is 9.67 Å². The van der Waals surface area contributed by atoms with Gasteiger partial charge in [0.25, 0.3) is 5.56 Å². The molecule has 0 amide bonds. The van der Waals surface area contributed by atoms with Gasteiger partial charge in [-0.3, -0.25) is 14.3 Å². The summed E-state index contributed by atoms with van der Waals surface area (Å²) in [6, 6.07) is 9.43. The van der Waals surface area contributed by atoms with Gasteiger partial charge in [0.2, 0.25) is 0 Å². The molecule has 2 aromatic rings. The van der Waals surface area contributed by atoms with Gasteiger partial charge in [0.15, 0.2) is 11.5 Å². The van der Waals surface area contributed by atoms with E-state index in [1.807, 2.05) is 51.2 Å². The van der Waals surface area contributed by atoms with Crippen molar-refractivity contribution in [2.45, 2.75) is 13.8 Å². The van der Waals surface area contributed by atoms with E-state index in [4.69, 9.17) is 0 Å². The van der Waals surface area contributed by atoms with Crippen molar-refractivity contribution in [1.29, 1.82) is 0 Å². The maximum atomic E-state index is 12.8. The molecule has 1 heterocycles. The van der Waals surface area contributed by atoms with E-state index in [1.54, 1.807) is 15.4 Å². The summed E-state index contributed by atoms with van der Waals surface area (Å²) >= 11 is 0. The van der Waals surface area contributed by atoms with Crippen molar-refractivity contribution in [3.05, 3.63) is 70.2 Å². The molecule has 0 aliphatic heterocycles. The number of nitrogens with zero attached hydrogens (tertiary/aromatic N) is 3. The van der Waals surface area contributed by atoms with E-state index in [0.717, 1.165) is 17.0 Å². The van der Waals surface area contributed by atoms with Crippen molar-refractivity contribution < 1.29 is 4.79 Å². The Hall–Kier alpha value is -2.95. The van der Waals surface area contributed by atoms with E-state index in [9.17, 15) is 9.59 Å². The number of carbonyl (C=O) groups excluding carboxylic acids is 1. The lowest BCUT2D eigenvalue weighted by atomic mass is 10.0. The second kappa shape index (κ2) is 5.68. The number of carbonyl (C=O) groups is 1. The number of aromatic nitrogens is 2. The van der Waals surface area contributed by atoms with Crippen LogP contribution in [0.1, 0.15) is 12.6 Å². The third kappa shape index (κ3) is 2.61. The van der Waals surface area contributed by atoms with Gasteiger partial charge in [-0.2, -0.15) is 0 Å². The molecule has 0 radical (unpaired) electrons. The molecular formula is C18H17N3O2. The van der Waals surface area contributed by atoms with Crippen LogP contribution in [-0.4, -0.2) is 20.9 Å². The second-order valence-corrected chi connectivity index (χ2v) is 5.47. The van der Waals surface area contributed by atoms with Gasteiger partial charge < -0.3 is 0 Å². The zero-order valence-corrected chi connectivity index (χ0v) is 13.3. The number of allylic oxidation sites excluding steroid dienone is 4. The van der Waals surface area contributed by atoms with Crippen molar-refractivity contribution in [3.63, 3.8) is 0 Å². The number of hydrogen-bond acceptors (Lipinski definition) is 3. The first kappa shape index (κ1) is 15.0. The summed E-state index contributed by atoms with van der Waals surface area (Å²) in [4.78, 5) is 28.6. The Morgan fingerprint density at radius 3 is 2.35 bits per heavy atom. The molecule has 0 unspecified atom stereocenters. The molecule has 23 heavy (non-hydrogen) atoms. The van der Waals surface area contributed by atoms with Crippen LogP contribution in [0, 0.1) is 6.92 Å². The first-order chi connectivity index (χ1) is 11.0. The van der Waals surface area contributed by atoms with Crippen LogP contribution in [0.15, 0.2) is 63.9 Å². The Bertz CT molecular complexity index is 925. The smallest absolute Gasteiger partial charge is 0.290 e. The number of rotatable bonds is 2. The quantitative estimate of drug-likeness (QED) is 0.801. The predicted molar refractivity (Wildman–Crippen MR) is 90.7 cm³/mol. The molecule has 0 fully saturated rings. The van der Waals surface area contributed by atoms with Crippen molar-refractivity contribution >= 4 is 17.2 Å². The Balaban J connectivity index is 2.17. The van der Waals surface area contributed by atoms with Crippen LogP contribution in [0.4, 0.5) is 5.69 Å². The van der Waals surface area contributed by atoms with Crippen LogP contribution < -0.4 is 5.56 Å².